The van der Waals surface area contributed by atoms with Crippen LogP contribution in [0.15, 0.2) is 23.3 Å². The number of hydrogen-bond acceptors (Lipinski definition) is 7. The van der Waals surface area contributed by atoms with Crippen molar-refractivity contribution >= 4 is 33.8 Å². The van der Waals surface area contributed by atoms with Crippen molar-refractivity contribution in [1.82, 2.24) is 14.8 Å². The molecule has 0 N–H and O–H groups in total. The van der Waals surface area contributed by atoms with Crippen LogP contribution < -0.4 is 10.0 Å². The molecule has 8 heteroatoms. The zero-order valence-corrected chi connectivity index (χ0v) is 13.5. The molecule has 7 nitrogen and oxygen atoms in total. The first-order valence-corrected chi connectivity index (χ1v) is 8.51. The van der Waals surface area contributed by atoms with Crippen molar-refractivity contribution in [1.29, 1.82) is 0 Å². The Morgan fingerprint density at radius 3 is 2.83 bits per heavy atom. The highest BCUT2D eigenvalue weighted by Gasteiger charge is 2.14. The minimum atomic E-state index is -1.13. The lowest BCUT2D eigenvalue weighted by Crippen LogP contribution is -2.27. The Kier molecular flexibility index (Phi) is 5.02. The van der Waals surface area contributed by atoms with E-state index in [1.54, 1.807) is 29.1 Å². The number of rotatable bonds is 5. The third-order valence-electron chi connectivity index (χ3n) is 3.75. The Morgan fingerprint density at radius 2 is 2.09 bits per heavy atom. The molecule has 1 fully saturated rings. The lowest BCUT2D eigenvalue weighted by molar-refractivity contribution is -0.306. The first kappa shape index (κ1) is 15.7. The van der Waals surface area contributed by atoms with Gasteiger partial charge in [0.05, 0.1) is 24.4 Å². The number of carboxylic acid groups (broad SMARTS) is 1. The van der Waals surface area contributed by atoms with E-state index in [1.807, 2.05) is 0 Å². The molecule has 1 aliphatic rings. The summed E-state index contributed by atoms with van der Waals surface area (Å²) in [4.78, 5) is 17.3. The van der Waals surface area contributed by atoms with Crippen molar-refractivity contribution in [2.45, 2.75) is 32.2 Å². The molecule has 0 radical (unpaired) electrons. The number of hydrogen-bond donors (Lipinski definition) is 0. The fraction of sp³-hybridized carbons (Fsp3) is 0.467. The summed E-state index contributed by atoms with van der Waals surface area (Å²) < 4.78 is 1.57. The van der Waals surface area contributed by atoms with Gasteiger partial charge in [0, 0.05) is 19.3 Å². The fourth-order valence-corrected chi connectivity index (χ4v) is 3.34. The smallest absolute Gasteiger partial charge is 0.233 e. The molecule has 2 aromatic heterocycles. The molecule has 0 spiro atoms. The van der Waals surface area contributed by atoms with Crippen LogP contribution in [0.4, 0.5) is 10.3 Å². The molecule has 0 aliphatic carbocycles. The highest BCUT2D eigenvalue weighted by Crippen LogP contribution is 2.27. The first-order valence-electron chi connectivity index (χ1n) is 7.70. The second-order valence-electron chi connectivity index (χ2n) is 5.46. The first-order chi connectivity index (χ1) is 11.2. The van der Waals surface area contributed by atoms with Gasteiger partial charge in [-0.3, -0.25) is 0 Å². The summed E-state index contributed by atoms with van der Waals surface area (Å²) in [5, 5.41) is 20.5. The standard InChI is InChI=1S/C15H19N5O2S/c21-13(22)11-20-9-5-6-12(20)10-16-14-17-18-15(23-14)19-7-3-1-2-4-8-19/h5-6,9-10H,1-4,7-8,11H2,(H,21,22)/p-1. The summed E-state index contributed by atoms with van der Waals surface area (Å²) in [7, 11) is 0. The number of nitrogens with zero attached hydrogens (tertiary/aromatic N) is 5. The molecule has 0 unspecified atom stereocenters. The predicted octanol–water partition coefficient (Wildman–Crippen LogP) is 1.22. The Balaban J connectivity index is 1.69. The van der Waals surface area contributed by atoms with Crippen LogP contribution in [0.5, 0.6) is 0 Å². The third-order valence-corrected chi connectivity index (χ3v) is 4.64. The molecule has 1 saturated heterocycles. The maximum atomic E-state index is 10.7. The number of carbonyl (C=O) groups excluding carboxylic acids is 1. The zero-order chi connectivity index (χ0) is 16.1. The van der Waals surface area contributed by atoms with Crippen molar-refractivity contribution < 1.29 is 9.90 Å². The lowest BCUT2D eigenvalue weighted by Gasteiger charge is -2.17. The highest BCUT2D eigenvalue weighted by atomic mass is 32.1. The summed E-state index contributed by atoms with van der Waals surface area (Å²) >= 11 is 1.46. The Hall–Kier alpha value is -2.22. The van der Waals surface area contributed by atoms with Gasteiger partial charge < -0.3 is 19.4 Å². The van der Waals surface area contributed by atoms with Gasteiger partial charge in [-0.05, 0) is 25.0 Å². The van der Waals surface area contributed by atoms with Gasteiger partial charge in [-0.15, -0.1) is 10.2 Å². The Labute approximate surface area is 138 Å². The molecule has 122 valence electrons. The number of aromatic nitrogens is 3. The summed E-state index contributed by atoms with van der Waals surface area (Å²) in [5.74, 6) is -1.13. The van der Waals surface area contributed by atoms with Crippen LogP contribution in [-0.2, 0) is 11.3 Å². The summed E-state index contributed by atoms with van der Waals surface area (Å²) in [5.41, 5.74) is 0.695. The normalized spacial score (nSPS) is 15.9. The molecular weight excluding hydrogens is 314 g/mol. The number of carboxylic acids is 1. The minimum absolute atomic E-state index is 0.191. The van der Waals surface area contributed by atoms with Gasteiger partial charge in [0.15, 0.2) is 0 Å². The monoisotopic (exact) mass is 332 g/mol. The van der Waals surface area contributed by atoms with Gasteiger partial charge in [0.2, 0.25) is 10.3 Å². The number of aliphatic imine (C=N–C) groups is 1. The molecule has 0 atom stereocenters. The van der Waals surface area contributed by atoms with E-state index < -0.39 is 5.97 Å². The van der Waals surface area contributed by atoms with Gasteiger partial charge in [0.25, 0.3) is 0 Å². The topological polar surface area (TPSA) is 86.4 Å². The molecule has 0 bridgehead atoms. The second kappa shape index (κ2) is 7.36. The Bertz CT molecular complexity index is 686. The van der Waals surface area contributed by atoms with E-state index in [-0.39, 0.29) is 6.54 Å². The summed E-state index contributed by atoms with van der Waals surface area (Å²) in [6.07, 6.45) is 8.21. The second-order valence-corrected chi connectivity index (χ2v) is 6.39. The number of aliphatic carboxylic acids is 1. The van der Waals surface area contributed by atoms with E-state index in [0.29, 0.717) is 10.8 Å². The molecule has 2 aromatic rings. The third kappa shape index (κ3) is 4.16. The van der Waals surface area contributed by atoms with E-state index in [2.05, 4.69) is 20.1 Å². The average Bonchev–Trinajstić information content (AvgIpc) is 3.07. The van der Waals surface area contributed by atoms with Gasteiger partial charge in [-0.1, -0.05) is 24.2 Å². The maximum Gasteiger partial charge on any atom is 0.233 e. The molecule has 23 heavy (non-hydrogen) atoms. The molecule has 3 heterocycles. The molecular formula is C15H18N5O2S-. The van der Waals surface area contributed by atoms with Crippen molar-refractivity contribution in [3.63, 3.8) is 0 Å². The molecule has 1 aliphatic heterocycles. The zero-order valence-electron chi connectivity index (χ0n) is 12.7. The van der Waals surface area contributed by atoms with E-state index in [1.165, 1.54) is 37.0 Å². The highest BCUT2D eigenvalue weighted by molar-refractivity contribution is 7.18. The minimum Gasteiger partial charge on any atom is -0.548 e. The van der Waals surface area contributed by atoms with Crippen molar-refractivity contribution in [3.05, 3.63) is 24.0 Å². The number of anilines is 1. The predicted molar refractivity (Wildman–Crippen MR) is 87.3 cm³/mol. The maximum absolute atomic E-state index is 10.7. The van der Waals surface area contributed by atoms with Crippen LogP contribution in [0.1, 0.15) is 31.4 Å². The lowest BCUT2D eigenvalue weighted by atomic mass is 10.2. The van der Waals surface area contributed by atoms with Crippen molar-refractivity contribution in [2.24, 2.45) is 4.99 Å². The quantitative estimate of drug-likeness (QED) is 0.768. The average molecular weight is 332 g/mol. The fourth-order valence-electron chi connectivity index (χ4n) is 2.60. The molecule has 0 amide bonds. The molecule has 0 aromatic carbocycles. The van der Waals surface area contributed by atoms with Crippen LogP contribution >= 0.6 is 11.3 Å². The van der Waals surface area contributed by atoms with Gasteiger partial charge in [0.1, 0.15) is 0 Å². The largest absolute Gasteiger partial charge is 0.548 e. The van der Waals surface area contributed by atoms with Crippen molar-refractivity contribution in [3.8, 4) is 0 Å². The molecule has 3 rings (SSSR count). The van der Waals surface area contributed by atoms with Gasteiger partial charge in [-0.2, -0.15) is 0 Å². The van der Waals surface area contributed by atoms with Crippen LogP contribution in [0.3, 0.4) is 0 Å². The summed E-state index contributed by atoms with van der Waals surface area (Å²) in [6, 6.07) is 3.57. The van der Waals surface area contributed by atoms with Crippen LogP contribution in [0.25, 0.3) is 0 Å². The van der Waals surface area contributed by atoms with Gasteiger partial charge in [-0.25, -0.2) is 4.99 Å². The summed E-state index contributed by atoms with van der Waals surface area (Å²) in [6.45, 7) is 1.85. The SMILES string of the molecule is O=C([O-])Cn1cccc1C=Nc1nnc(N2CCCCCC2)s1. The van der Waals surface area contributed by atoms with Gasteiger partial charge >= 0.3 is 0 Å². The Morgan fingerprint density at radius 1 is 1.30 bits per heavy atom. The number of carbonyl (C=O) groups is 1. The van der Waals surface area contributed by atoms with Crippen LogP contribution in [0, 0.1) is 0 Å². The van der Waals surface area contributed by atoms with E-state index in [4.69, 9.17) is 0 Å². The van der Waals surface area contributed by atoms with Crippen LogP contribution in [-0.4, -0.2) is 40.0 Å². The van der Waals surface area contributed by atoms with E-state index >= 15 is 0 Å². The van der Waals surface area contributed by atoms with Crippen LogP contribution in [0.2, 0.25) is 0 Å². The molecule has 0 saturated carbocycles. The van der Waals surface area contributed by atoms with Crippen molar-refractivity contribution in [2.75, 3.05) is 18.0 Å². The van der Waals surface area contributed by atoms with E-state index in [9.17, 15) is 9.90 Å². The van der Waals surface area contributed by atoms with E-state index in [0.717, 1.165) is 18.2 Å².